The first-order valence-electron chi connectivity index (χ1n) is 4.23. The molecule has 2 rings (SSSR count). The molecule has 0 amide bonds. The standard InChI is InChI=1S/C9H12BrNS/c10-8-6-12-5-7(8)9(11)3-1-2-4-9/h5-6H,1-4,11H2. The zero-order chi connectivity index (χ0) is 8.60. The number of hydrogen-bond donors (Lipinski definition) is 1. The highest BCUT2D eigenvalue weighted by molar-refractivity contribution is 9.10. The molecule has 0 bridgehead atoms. The summed E-state index contributed by atoms with van der Waals surface area (Å²) >= 11 is 5.27. The van der Waals surface area contributed by atoms with E-state index < -0.39 is 0 Å². The van der Waals surface area contributed by atoms with Crippen LogP contribution in [0.3, 0.4) is 0 Å². The van der Waals surface area contributed by atoms with Crippen LogP contribution >= 0.6 is 27.3 Å². The third kappa shape index (κ3) is 1.34. The van der Waals surface area contributed by atoms with Gasteiger partial charge in [0, 0.05) is 15.4 Å². The van der Waals surface area contributed by atoms with Crippen LogP contribution in [0.1, 0.15) is 31.2 Å². The Bertz CT molecular complexity index is 276. The third-order valence-corrected chi connectivity index (χ3v) is 4.35. The summed E-state index contributed by atoms with van der Waals surface area (Å²) in [6, 6.07) is 0. The Balaban J connectivity index is 2.34. The van der Waals surface area contributed by atoms with Gasteiger partial charge in [-0.25, -0.2) is 0 Å². The lowest BCUT2D eigenvalue weighted by Gasteiger charge is -2.23. The maximum absolute atomic E-state index is 6.30. The number of halogens is 1. The van der Waals surface area contributed by atoms with Crippen LogP contribution in [0, 0.1) is 0 Å². The smallest absolute Gasteiger partial charge is 0.0429 e. The predicted octanol–water partition coefficient (Wildman–Crippen LogP) is 3.24. The van der Waals surface area contributed by atoms with Gasteiger partial charge < -0.3 is 5.73 Å². The van der Waals surface area contributed by atoms with Crippen molar-refractivity contribution in [3.05, 3.63) is 20.8 Å². The van der Waals surface area contributed by atoms with Gasteiger partial charge in [0.05, 0.1) is 0 Å². The molecule has 1 heterocycles. The molecule has 0 saturated heterocycles. The minimum absolute atomic E-state index is 0.0289. The maximum atomic E-state index is 6.30. The molecule has 0 aliphatic heterocycles. The van der Waals surface area contributed by atoms with Crippen LogP contribution in [0.4, 0.5) is 0 Å². The molecule has 0 radical (unpaired) electrons. The lowest BCUT2D eigenvalue weighted by Crippen LogP contribution is -2.32. The van der Waals surface area contributed by atoms with E-state index in [0.29, 0.717) is 0 Å². The minimum Gasteiger partial charge on any atom is -0.321 e. The average Bonchev–Trinajstić information content (AvgIpc) is 2.59. The topological polar surface area (TPSA) is 26.0 Å². The van der Waals surface area contributed by atoms with Gasteiger partial charge in [-0.1, -0.05) is 12.8 Å². The van der Waals surface area contributed by atoms with E-state index in [-0.39, 0.29) is 5.54 Å². The van der Waals surface area contributed by atoms with Gasteiger partial charge in [0.1, 0.15) is 0 Å². The van der Waals surface area contributed by atoms with E-state index in [1.54, 1.807) is 11.3 Å². The fraction of sp³-hybridized carbons (Fsp3) is 0.556. The number of hydrogen-bond acceptors (Lipinski definition) is 2. The van der Waals surface area contributed by atoms with Crippen molar-refractivity contribution >= 4 is 27.3 Å². The number of thiophene rings is 1. The summed E-state index contributed by atoms with van der Waals surface area (Å²) in [5.41, 5.74) is 7.58. The summed E-state index contributed by atoms with van der Waals surface area (Å²) in [6.07, 6.45) is 4.84. The SMILES string of the molecule is NC1(c2cscc2Br)CCCC1. The quantitative estimate of drug-likeness (QED) is 0.808. The van der Waals surface area contributed by atoms with E-state index in [4.69, 9.17) is 5.73 Å². The van der Waals surface area contributed by atoms with Crippen molar-refractivity contribution in [1.82, 2.24) is 0 Å². The van der Waals surface area contributed by atoms with Crippen molar-refractivity contribution in [1.29, 1.82) is 0 Å². The van der Waals surface area contributed by atoms with Gasteiger partial charge in [-0.05, 0) is 39.7 Å². The second-order valence-electron chi connectivity index (χ2n) is 3.50. The normalized spacial score (nSPS) is 21.5. The Morgan fingerprint density at radius 1 is 1.33 bits per heavy atom. The molecule has 0 aromatic carbocycles. The molecular weight excluding hydrogens is 234 g/mol. The molecule has 1 aliphatic rings. The Labute approximate surface area is 85.1 Å². The molecule has 0 spiro atoms. The van der Waals surface area contributed by atoms with Crippen molar-refractivity contribution in [2.45, 2.75) is 31.2 Å². The minimum atomic E-state index is -0.0289. The van der Waals surface area contributed by atoms with Crippen molar-refractivity contribution < 1.29 is 0 Å². The Kier molecular flexibility index (Phi) is 2.27. The van der Waals surface area contributed by atoms with Crippen molar-refractivity contribution in [3.63, 3.8) is 0 Å². The molecule has 3 heteroatoms. The molecule has 66 valence electrons. The van der Waals surface area contributed by atoms with Gasteiger partial charge >= 0.3 is 0 Å². The van der Waals surface area contributed by atoms with Crippen molar-refractivity contribution in [2.24, 2.45) is 5.73 Å². The third-order valence-electron chi connectivity index (χ3n) is 2.65. The number of nitrogens with two attached hydrogens (primary N) is 1. The summed E-state index contributed by atoms with van der Waals surface area (Å²) in [5, 5.41) is 4.29. The second-order valence-corrected chi connectivity index (χ2v) is 5.09. The molecule has 1 fully saturated rings. The molecule has 1 aliphatic carbocycles. The average molecular weight is 246 g/mol. The Hall–Kier alpha value is 0.140. The van der Waals surface area contributed by atoms with E-state index in [0.717, 1.165) is 12.8 Å². The number of rotatable bonds is 1. The molecule has 1 aromatic rings. The largest absolute Gasteiger partial charge is 0.321 e. The van der Waals surface area contributed by atoms with E-state index in [1.165, 1.54) is 22.9 Å². The van der Waals surface area contributed by atoms with Gasteiger partial charge in [0.25, 0.3) is 0 Å². The molecule has 1 nitrogen and oxygen atoms in total. The van der Waals surface area contributed by atoms with E-state index in [2.05, 4.69) is 26.7 Å². The Morgan fingerprint density at radius 3 is 2.50 bits per heavy atom. The van der Waals surface area contributed by atoms with E-state index in [9.17, 15) is 0 Å². The summed E-state index contributed by atoms with van der Waals surface area (Å²) in [5.74, 6) is 0. The van der Waals surface area contributed by atoms with Crippen LogP contribution in [-0.4, -0.2) is 0 Å². The molecule has 1 saturated carbocycles. The maximum Gasteiger partial charge on any atom is 0.0429 e. The zero-order valence-corrected chi connectivity index (χ0v) is 9.25. The van der Waals surface area contributed by atoms with E-state index in [1.807, 2.05) is 0 Å². The van der Waals surface area contributed by atoms with Crippen LogP contribution in [-0.2, 0) is 5.54 Å². The predicted molar refractivity (Wildman–Crippen MR) is 56.4 cm³/mol. The highest BCUT2D eigenvalue weighted by atomic mass is 79.9. The second kappa shape index (κ2) is 3.13. The Morgan fingerprint density at radius 2 is 2.00 bits per heavy atom. The fourth-order valence-electron chi connectivity index (χ4n) is 1.91. The van der Waals surface area contributed by atoms with Gasteiger partial charge in [-0.15, -0.1) is 0 Å². The summed E-state index contributed by atoms with van der Waals surface area (Å²) in [6.45, 7) is 0. The first kappa shape index (κ1) is 8.73. The molecule has 0 atom stereocenters. The summed E-state index contributed by atoms with van der Waals surface area (Å²) < 4.78 is 1.19. The van der Waals surface area contributed by atoms with Gasteiger partial charge in [0.15, 0.2) is 0 Å². The first-order valence-corrected chi connectivity index (χ1v) is 5.97. The first-order chi connectivity index (χ1) is 5.72. The highest BCUT2D eigenvalue weighted by Crippen LogP contribution is 2.40. The van der Waals surface area contributed by atoms with Gasteiger partial charge in [0.2, 0.25) is 0 Å². The molecular formula is C9H12BrNS. The van der Waals surface area contributed by atoms with Crippen LogP contribution < -0.4 is 5.73 Å². The summed E-state index contributed by atoms with van der Waals surface area (Å²) in [4.78, 5) is 0. The lowest BCUT2D eigenvalue weighted by atomic mass is 9.92. The zero-order valence-electron chi connectivity index (χ0n) is 6.85. The van der Waals surface area contributed by atoms with Crippen LogP contribution in [0.5, 0.6) is 0 Å². The molecule has 1 aromatic heterocycles. The summed E-state index contributed by atoms with van der Waals surface area (Å²) in [7, 11) is 0. The van der Waals surface area contributed by atoms with Gasteiger partial charge in [-0.2, -0.15) is 11.3 Å². The lowest BCUT2D eigenvalue weighted by molar-refractivity contribution is 0.461. The van der Waals surface area contributed by atoms with Crippen LogP contribution in [0.2, 0.25) is 0 Å². The van der Waals surface area contributed by atoms with Gasteiger partial charge in [-0.3, -0.25) is 0 Å². The molecule has 2 N–H and O–H groups in total. The van der Waals surface area contributed by atoms with Crippen molar-refractivity contribution in [2.75, 3.05) is 0 Å². The fourth-order valence-corrected chi connectivity index (χ4v) is 3.71. The molecule has 0 unspecified atom stereocenters. The monoisotopic (exact) mass is 245 g/mol. The van der Waals surface area contributed by atoms with Crippen molar-refractivity contribution in [3.8, 4) is 0 Å². The van der Waals surface area contributed by atoms with Crippen LogP contribution in [0.25, 0.3) is 0 Å². The van der Waals surface area contributed by atoms with Crippen LogP contribution in [0.15, 0.2) is 15.2 Å². The highest BCUT2D eigenvalue weighted by Gasteiger charge is 2.32. The molecule has 12 heavy (non-hydrogen) atoms. The van der Waals surface area contributed by atoms with E-state index >= 15 is 0 Å².